The maximum Gasteiger partial charge on any atom is 0.341 e. The van der Waals surface area contributed by atoms with Crippen molar-refractivity contribution in [3.8, 4) is 0 Å². The van der Waals surface area contributed by atoms with Crippen molar-refractivity contribution in [1.29, 1.82) is 0 Å². The summed E-state index contributed by atoms with van der Waals surface area (Å²) >= 11 is 1.46. The van der Waals surface area contributed by atoms with Gasteiger partial charge >= 0.3 is 5.97 Å². The second-order valence-corrected chi connectivity index (χ2v) is 10.0. The highest BCUT2D eigenvalue weighted by Crippen LogP contribution is 2.19. The summed E-state index contributed by atoms with van der Waals surface area (Å²) in [6, 6.07) is 9.93. The third kappa shape index (κ3) is 5.74. The predicted octanol–water partition coefficient (Wildman–Crippen LogP) is 1.38. The first-order chi connectivity index (χ1) is 18.9. The Labute approximate surface area is 227 Å². The Morgan fingerprint density at radius 1 is 1.10 bits per heavy atom. The van der Waals surface area contributed by atoms with E-state index in [-0.39, 0.29) is 16.9 Å². The molecule has 0 atom stereocenters. The van der Waals surface area contributed by atoms with Crippen LogP contribution in [0.3, 0.4) is 0 Å². The number of benzene rings is 1. The van der Waals surface area contributed by atoms with E-state index in [1.807, 2.05) is 47.1 Å². The molecule has 4 aromatic rings. The molecule has 1 amide bonds. The van der Waals surface area contributed by atoms with Gasteiger partial charge < -0.3 is 19.5 Å². The molecule has 1 saturated heterocycles. The van der Waals surface area contributed by atoms with Crippen LogP contribution in [-0.4, -0.2) is 88.6 Å². The predicted molar refractivity (Wildman–Crippen MR) is 144 cm³/mol. The van der Waals surface area contributed by atoms with E-state index in [1.165, 1.54) is 24.2 Å². The lowest BCUT2D eigenvalue weighted by atomic mass is 10.2. The zero-order valence-electron chi connectivity index (χ0n) is 21.3. The molecule has 0 unspecified atom stereocenters. The van der Waals surface area contributed by atoms with E-state index in [9.17, 15) is 19.5 Å². The Morgan fingerprint density at radius 3 is 2.59 bits per heavy atom. The molecule has 0 aliphatic carbocycles. The quantitative estimate of drug-likeness (QED) is 0.301. The van der Waals surface area contributed by atoms with Crippen LogP contribution in [0.5, 0.6) is 0 Å². The number of aromatic carboxylic acids is 1. The molecule has 39 heavy (non-hydrogen) atoms. The van der Waals surface area contributed by atoms with E-state index in [2.05, 4.69) is 25.5 Å². The van der Waals surface area contributed by atoms with Crippen LogP contribution in [0.4, 0.5) is 5.95 Å². The Kier molecular flexibility index (Phi) is 7.81. The highest BCUT2D eigenvalue weighted by atomic mass is 32.2. The molecular formula is C25H27N9O4S. The molecule has 0 radical (unpaired) electrons. The fraction of sp³-hybridized carbons (Fsp3) is 0.360. The number of fused-ring (bicyclic) bond motifs is 1. The molecule has 1 N–H and O–H groups in total. The lowest BCUT2D eigenvalue weighted by molar-refractivity contribution is -0.131. The molecule has 13 nitrogen and oxygen atoms in total. The number of rotatable bonds is 9. The first kappa shape index (κ1) is 26.3. The number of pyridine rings is 1. The zero-order valence-corrected chi connectivity index (χ0v) is 22.1. The van der Waals surface area contributed by atoms with Gasteiger partial charge in [0.05, 0.1) is 11.9 Å². The Bertz CT molecular complexity index is 1550. The van der Waals surface area contributed by atoms with Crippen LogP contribution >= 0.6 is 11.8 Å². The van der Waals surface area contributed by atoms with Crippen molar-refractivity contribution in [3.63, 3.8) is 0 Å². The first-order valence-electron chi connectivity index (χ1n) is 12.5. The minimum Gasteiger partial charge on any atom is -0.477 e. The molecule has 1 fully saturated rings. The summed E-state index contributed by atoms with van der Waals surface area (Å²) in [6.45, 7) is 5.00. The normalized spacial score (nSPS) is 13.7. The van der Waals surface area contributed by atoms with Crippen LogP contribution in [-0.2, 0) is 17.9 Å². The van der Waals surface area contributed by atoms with Gasteiger partial charge in [-0.25, -0.2) is 14.5 Å². The van der Waals surface area contributed by atoms with E-state index in [0.717, 1.165) is 5.56 Å². The number of carboxylic acid groups (broad SMARTS) is 1. The maximum atomic E-state index is 12.8. The highest BCUT2D eigenvalue weighted by molar-refractivity contribution is 7.99. The number of aryl methyl sites for hydroxylation is 1. The SMILES string of the molecule is CCn1cc(C(=O)O)c(=O)c2cnc(N3CCN(C(=O)CCSc4nnnn4Cc4ccccc4)CC3)nc21. The third-order valence-electron chi connectivity index (χ3n) is 6.51. The van der Waals surface area contributed by atoms with Gasteiger partial charge in [-0.05, 0) is 22.9 Å². The van der Waals surface area contributed by atoms with E-state index in [4.69, 9.17) is 0 Å². The number of hydrogen-bond donors (Lipinski definition) is 1. The summed E-state index contributed by atoms with van der Waals surface area (Å²) in [4.78, 5) is 49.5. The number of amides is 1. The molecule has 14 heteroatoms. The number of piperazine rings is 1. The fourth-order valence-electron chi connectivity index (χ4n) is 4.41. The van der Waals surface area contributed by atoms with Crippen molar-refractivity contribution >= 4 is 40.6 Å². The summed E-state index contributed by atoms with van der Waals surface area (Å²) in [5, 5.41) is 22.1. The van der Waals surface area contributed by atoms with Crippen LogP contribution in [0.2, 0.25) is 0 Å². The van der Waals surface area contributed by atoms with Gasteiger partial charge in [0.2, 0.25) is 22.4 Å². The van der Waals surface area contributed by atoms with Crippen LogP contribution in [0.1, 0.15) is 29.3 Å². The lowest BCUT2D eigenvalue weighted by Gasteiger charge is -2.34. The van der Waals surface area contributed by atoms with Crippen LogP contribution in [0.25, 0.3) is 11.0 Å². The molecule has 0 spiro atoms. The van der Waals surface area contributed by atoms with Crippen LogP contribution < -0.4 is 10.3 Å². The number of carboxylic acids is 1. The number of aromatic nitrogens is 7. The number of carbonyl (C=O) groups is 2. The van der Waals surface area contributed by atoms with Gasteiger partial charge in [0.15, 0.2) is 0 Å². The Morgan fingerprint density at radius 2 is 1.87 bits per heavy atom. The van der Waals surface area contributed by atoms with Crippen LogP contribution in [0, 0.1) is 0 Å². The molecule has 0 saturated carbocycles. The molecule has 1 aliphatic heterocycles. The number of tetrazole rings is 1. The lowest BCUT2D eigenvalue weighted by Crippen LogP contribution is -2.49. The van der Waals surface area contributed by atoms with Crippen molar-refractivity contribution < 1.29 is 14.7 Å². The minimum atomic E-state index is -1.28. The van der Waals surface area contributed by atoms with Crippen molar-refractivity contribution in [3.05, 3.63) is 64.1 Å². The van der Waals surface area contributed by atoms with Gasteiger partial charge in [-0.1, -0.05) is 42.1 Å². The first-order valence-corrected chi connectivity index (χ1v) is 13.5. The number of hydrogen-bond acceptors (Lipinski definition) is 10. The standard InChI is InChI=1S/C25H27N9O4S/c1-2-31-16-19(23(37)38)21(36)18-14-26-24(27-22(18)31)33-11-9-32(10-12-33)20(35)8-13-39-25-28-29-30-34(25)15-17-6-4-3-5-7-17/h3-7,14,16H,2,8-13,15H2,1H3,(H,37,38). The molecule has 1 aliphatic rings. The van der Waals surface area contributed by atoms with E-state index < -0.39 is 11.4 Å². The number of nitrogens with zero attached hydrogens (tertiary/aromatic N) is 9. The summed E-state index contributed by atoms with van der Waals surface area (Å²) in [7, 11) is 0. The average molecular weight is 550 g/mol. The van der Waals surface area contributed by atoms with E-state index >= 15 is 0 Å². The zero-order chi connectivity index (χ0) is 27.4. The van der Waals surface area contributed by atoms with Gasteiger partial charge in [0.1, 0.15) is 11.2 Å². The van der Waals surface area contributed by atoms with Crippen molar-refractivity contribution in [2.45, 2.75) is 31.6 Å². The largest absolute Gasteiger partial charge is 0.477 e. The summed E-state index contributed by atoms with van der Waals surface area (Å²) < 4.78 is 3.37. The molecule has 5 rings (SSSR count). The average Bonchev–Trinajstić information content (AvgIpc) is 3.40. The van der Waals surface area contributed by atoms with Gasteiger partial charge in [0.25, 0.3) is 0 Å². The second-order valence-electron chi connectivity index (χ2n) is 8.94. The molecule has 3 aromatic heterocycles. The third-order valence-corrected chi connectivity index (χ3v) is 7.47. The molecule has 1 aromatic carbocycles. The number of thioether (sulfide) groups is 1. The van der Waals surface area contributed by atoms with Crippen LogP contribution in [0.15, 0.2) is 52.7 Å². The second kappa shape index (κ2) is 11.6. The van der Waals surface area contributed by atoms with Gasteiger partial charge in [-0.3, -0.25) is 9.59 Å². The summed E-state index contributed by atoms with van der Waals surface area (Å²) in [5.41, 5.74) is 0.580. The van der Waals surface area contributed by atoms with Crippen molar-refractivity contribution in [1.82, 2.24) is 39.6 Å². The van der Waals surface area contributed by atoms with Crippen molar-refractivity contribution in [2.24, 2.45) is 0 Å². The van der Waals surface area contributed by atoms with Crippen molar-refractivity contribution in [2.75, 3.05) is 36.8 Å². The summed E-state index contributed by atoms with van der Waals surface area (Å²) in [5.74, 6) is -0.211. The topological polar surface area (TPSA) is 152 Å². The maximum absolute atomic E-state index is 12.8. The molecule has 0 bridgehead atoms. The Balaban J connectivity index is 1.16. The molecule has 4 heterocycles. The Hall–Kier alpha value is -4.33. The molecule has 202 valence electrons. The number of carbonyl (C=O) groups excluding carboxylic acids is 1. The highest BCUT2D eigenvalue weighted by Gasteiger charge is 2.24. The smallest absolute Gasteiger partial charge is 0.341 e. The summed E-state index contributed by atoms with van der Waals surface area (Å²) in [6.07, 6.45) is 3.07. The minimum absolute atomic E-state index is 0.0599. The van der Waals surface area contributed by atoms with E-state index in [0.29, 0.717) is 68.2 Å². The number of anilines is 1. The van der Waals surface area contributed by atoms with Gasteiger partial charge in [-0.2, -0.15) is 4.98 Å². The van der Waals surface area contributed by atoms with Gasteiger partial charge in [0, 0.05) is 57.3 Å². The monoisotopic (exact) mass is 549 g/mol. The fourth-order valence-corrected chi connectivity index (χ4v) is 5.21. The molecular weight excluding hydrogens is 522 g/mol. The van der Waals surface area contributed by atoms with Gasteiger partial charge in [-0.15, -0.1) is 5.10 Å². The van der Waals surface area contributed by atoms with E-state index in [1.54, 1.807) is 9.25 Å².